The summed E-state index contributed by atoms with van der Waals surface area (Å²) in [6.07, 6.45) is 0.469. The van der Waals surface area contributed by atoms with Crippen LogP contribution in [-0.2, 0) is 27.6 Å². The summed E-state index contributed by atoms with van der Waals surface area (Å²) in [5.41, 5.74) is 3.83. The van der Waals surface area contributed by atoms with Crippen LogP contribution in [0, 0.1) is 5.82 Å². The smallest absolute Gasteiger partial charge is 0.323 e. The average molecular weight is 371 g/mol. The summed E-state index contributed by atoms with van der Waals surface area (Å²) < 4.78 is 40.8. The number of halogens is 1. The number of carboxylic acids is 1. The van der Waals surface area contributed by atoms with E-state index in [9.17, 15) is 22.7 Å². The molecule has 0 amide bonds. The summed E-state index contributed by atoms with van der Waals surface area (Å²) in [5, 5.41) is 10.0. The Bertz CT molecular complexity index is 1230. The second kappa shape index (κ2) is 4.94. The fourth-order valence-corrected chi connectivity index (χ4v) is 6.35. The van der Waals surface area contributed by atoms with Gasteiger partial charge < -0.3 is 9.67 Å². The number of aromatic nitrogens is 1. The van der Waals surface area contributed by atoms with Crippen LogP contribution in [-0.4, -0.2) is 29.8 Å². The summed E-state index contributed by atoms with van der Waals surface area (Å²) in [6, 6.07) is 9.52. The lowest BCUT2D eigenvalue weighted by Crippen LogP contribution is -2.20. The van der Waals surface area contributed by atoms with Crippen molar-refractivity contribution in [2.45, 2.75) is 23.8 Å². The van der Waals surface area contributed by atoms with Crippen LogP contribution in [0.1, 0.15) is 28.3 Å². The first-order valence-electron chi connectivity index (χ1n) is 8.23. The van der Waals surface area contributed by atoms with Gasteiger partial charge in [0.2, 0.25) is 0 Å². The molecule has 2 heterocycles. The summed E-state index contributed by atoms with van der Waals surface area (Å²) in [7, 11) is -3.42. The lowest BCUT2D eigenvalue weighted by atomic mass is 9.82. The van der Waals surface area contributed by atoms with Crippen molar-refractivity contribution < 1.29 is 22.7 Å². The molecular formula is C19H14FNO4S. The number of sulfone groups is 1. The van der Waals surface area contributed by atoms with Crippen molar-refractivity contribution in [1.29, 1.82) is 0 Å². The van der Waals surface area contributed by atoms with E-state index in [4.69, 9.17) is 0 Å². The third kappa shape index (κ3) is 1.94. The van der Waals surface area contributed by atoms with Gasteiger partial charge in [-0.15, -0.1) is 0 Å². The molecule has 1 aliphatic carbocycles. The fraction of sp³-hybridized carbons (Fsp3) is 0.211. The normalized spacial score (nSPS) is 19.3. The standard InChI is InChI=1S/C19H14FNO4S/c20-11-4-5-15-12(7-11)13-6-10-2-1-3-16-18(10)14(9-26(16,24)25)19(13)21(15)8-17(22)23/h1-5,7,14H,6,8-9H2,(H,22,23). The Labute approximate surface area is 148 Å². The Morgan fingerprint density at radius 1 is 1.27 bits per heavy atom. The van der Waals surface area contributed by atoms with Gasteiger partial charge in [-0.1, -0.05) is 12.1 Å². The van der Waals surface area contributed by atoms with Crippen LogP contribution in [0.4, 0.5) is 4.39 Å². The van der Waals surface area contributed by atoms with E-state index >= 15 is 0 Å². The van der Waals surface area contributed by atoms with Gasteiger partial charge in [-0.25, -0.2) is 12.8 Å². The van der Waals surface area contributed by atoms with Crippen LogP contribution in [0.25, 0.3) is 10.9 Å². The van der Waals surface area contributed by atoms with Crippen LogP contribution >= 0.6 is 0 Å². The number of rotatable bonds is 2. The number of nitrogens with zero attached hydrogens (tertiary/aromatic N) is 1. The molecule has 1 N–H and O–H groups in total. The summed E-state index contributed by atoms with van der Waals surface area (Å²) in [5.74, 6) is -1.91. The molecule has 0 spiro atoms. The molecule has 0 saturated carbocycles. The van der Waals surface area contributed by atoms with Gasteiger partial charge in [0, 0.05) is 28.9 Å². The van der Waals surface area contributed by atoms with Crippen molar-refractivity contribution in [2.75, 3.05) is 5.75 Å². The maximum atomic E-state index is 13.9. The molecular weight excluding hydrogens is 357 g/mol. The predicted molar refractivity (Wildman–Crippen MR) is 92.7 cm³/mol. The van der Waals surface area contributed by atoms with Gasteiger partial charge in [-0.05, 0) is 41.0 Å². The number of hydrogen-bond acceptors (Lipinski definition) is 3. The van der Waals surface area contributed by atoms with Crippen LogP contribution in [0.2, 0.25) is 0 Å². The van der Waals surface area contributed by atoms with Gasteiger partial charge in [-0.3, -0.25) is 4.79 Å². The fourth-order valence-electron chi connectivity index (χ4n) is 4.51. The second-order valence-electron chi connectivity index (χ2n) is 6.84. The first kappa shape index (κ1) is 15.6. The minimum Gasteiger partial charge on any atom is -0.480 e. The van der Waals surface area contributed by atoms with E-state index in [1.54, 1.807) is 22.8 Å². The largest absolute Gasteiger partial charge is 0.480 e. The molecule has 7 heteroatoms. The maximum absolute atomic E-state index is 13.9. The molecule has 2 aliphatic rings. The van der Waals surface area contributed by atoms with E-state index in [1.807, 2.05) is 6.07 Å². The van der Waals surface area contributed by atoms with Crippen molar-refractivity contribution >= 4 is 26.7 Å². The number of hydrogen-bond donors (Lipinski definition) is 1. The zero-order valence-electron chi connectivity index (χ0n) is 13.6. The highest BCUT2D eigenvalue weighted by Gasteiger charge is 2.43. The van der Waals surface area contributed by atoms with Crippen LogP contribution in [0.15, 0.2) is 41.3 Å². The zero-order chi connectivity index (χ0) is 18.2. The average Bonchev–Trinajstić information content (AvgIpc) is 3.01. The Morgan fingerprint density at radius 2 is 2.08 bits per heavy atom. The third-order valence-electron chi connectivity index (χ3n) is 5.39. The molecule has 1 aliphatic heterocycles. The highest BCUT2D eigenvalue weighted by atomic mass is 32.2. The van der Waals surface area contributed by atoms with E-state index in [2.05, 4.69) is 0 Å². The summed E-state index contributed by atoms with van der Waals surface area (Å²) >= 11 is 0. The van der Waals surface area contributed by atoms with Gasteiger partial charge in [-0.2, -0.15) is 0 Å². The highest BCUT2D eigenvalue weighted by Crippen LogP contribution is 2.48. The lowest BCUT2D eigenvalue weighted by molar-refractivity contribution is -0.137. The van der Waals surface area contributed by atoms with Crippen molar-refractivity contribution in [2.24, 2.45) is 0 Å². The molecule has 0 radical (unpaired) electrons. The van der Waals surface area contributed by atoms with Crippen molar-refractivity contribution in [3.63, 3.8) is 0 Å². The lowest BCUT2D eigenvalue weighted by Gasteiger charge is -2.24. The summed E-state index contributed by atoms with van der Waals surface area (Å²) in [6.45, 7) is -0.286. The SMILES string of the molecule is O=C(O)Cn1c2c(c3cc(F)ccc31)Cc1cccc3c1C2CS3(=O)=O. The molecule has 132 valence electrons. The molecule has 0 saturated heterocycles. The molecule has 2 aromatic carbocycles. The van der Waals surface area contributed by atoms with Gasteiger partial charge in [0.1, 0.15) is 12.4 Å². The van der Waals surface area contributed by atoms with E-state index in [0.29, 0.717) is 27.9 Å². The van der Waals surface area contributed by atoms with Crippen LogP contribution in [0.5, 0.6) is 0 Å². The van der Waals surface area contributed by atoms with Crippen molar-refractivity contribution in [1.82, 2.24) is 4.57 Å². The zero-order valence-corrected chi connectivity index (χ0v) is 14.4. The number of carboxylic acid groups (broad SMARTS) is 1. The molecule has 3 aromatic rings. The molecule has 26 heavy (non-hydrogen) atoms. The Kier molecular flexibility index (Phi) is 2.96. The van der Waals surface area contributed by atoms with Gasteiger partial charge >= 0.3 is 5.97 Å². The second-order valence-corrected chi connectivity index (χ2v) is 8.85. The minimum absolute atomic E-state index is 0.0786. The van der Waals surface area contributed by atoms with Gasteiger partial charge in [0.05, 0.1) is 10.6 Å². The third-order valence-corrected chi connectivity index (χ3v) is 7.19. The highest BCUT2D eigenvalue weighted by molar-refractivity contribution is 7.91. The number of aliphatic carboxylic acids is 1. The monoisotopic (exact) mass is 371 g/mol. The van der Waals surface area contributed by atoms with Gasteiger partial charge in [0.15, 0.2) is 9.84 Å². The Morgan fingerprint density at radius 3 is 2.85 bits per heavy atom. The Balaban J connectivity index is 1.88. The number of fused-ring (bicyclic) bond motifs is 4. The molecule has 0 bridgehead atoms. The maximum Gasteiger partial charge on any atom is 0.323 e. The molecule has 1 atom stereocenters. The van der Waals surface area contributed by atoms with E-state index in [1.165, 1.54) is 12.1 Å². The first-order valence-corrected chi connectivity index (χ1v) is 9.89. The Hall–Kier alpha value is -2.67. The van der Waals surface area contributed by atoms with Crippen molar-refractivity contribution in [3.05, 3.63) is 64.6 Å². The molecule has 1 unspecified atom stereocenters. The van der Waals surface area contributed by atoms with Crippen LogP contribution < -0.4 is 0 Å². The van der Waals surface area contributed by atoms with Gasteiger partial charge in [0.25, 0.3) is 0 Å². The van der Waals surface area contributed by atoms with E-state index in [-0.39, 0.29) is 12.3 Å². The summed E-state index contributed by atoms with van der Waals surface area (Å²) in [4.78, 5) is 11.8. The molecule has 1 aromatic heterocycles. The van der Waals surface area contributed by atoms with E-state index < -0.39 is 27.5 Å². The van der Waals surface area contributed by atoms with E-state index in [0.717, 1.165) is 16.7 Å². The molecule has 5 rings (SSSR count). The first-order chi connectivity index (χ1) is 12.4. The minimum atomic E-state index is -3.42. The predicted octanol–water partition coefficient (Wildman–Crippen LogP) is 2.69. The number of benzene rings is 2. The van der Waals surface area contributed by atoms with Crippen molar-refractivity contribution in [3.8, 4) is 0 Å². The molecule has 5 nitrogen and oxygen atoms in total. The topological polar surface area (TPSA) is 76.4 Å². The quantitative estimate of drug-likeness (QED) is 0.751. The van der Waals surface area contributed by atoms with Crippen LogP contribution in [0.3, 0.4) is 0 Å². The number of carbonyl (C=O) groups is 1. The molecule has 0 fully saturated rings.